The van der Waals surface area contributed by atoms with E-state index >= 15 is 0 Å². The van der Waals surface area contributed by atoms with E-state index in [1.807, 2.05) is 6.07 Å². The summed E-state index contributed by atoms with van der Waals surface area (Å²) in [4.78, 5) is 4.16. The Morgan fingerprint density at radius 2 is 2.33 bits per heavy atom. The van der Waals surface area contributed by atoms with Crippen molar-refractivity contribution in [1.29, 1.82) is 5.26 Å². The van der Waals surface area contributed by atoms with Gasteiger partial charge in [0, 0.05) is 7.11 Å². The lowest BCUT2D eigenvalue weighted by molar-refractivity contribution is 0.182. The molecule has 0 saturated heterocycles. The van der Waals surface area contributed by atoms with Crippen LogP contribution in [0.4, 0.5) is 5.82 Å². The van der Waals surface area contributed by atoms with Crippen molar-refractivity contribution in [1.82, 2.24) is 4.98 Å². The highest BCUT2D eigenvalue weighted by Crippen LogP contribution is 2.17. The first-order chi connectivity index (χ1) is 8.71. The Morgan fingerprint density at radius 1 is 1.56 bits per heavy atom. The van der Waals surface area contributed by atoms with Crippen LogP contribution in [0.25, 0.3) is 0 Å². The lowest BCUT2D eigenvalue weighted by Crippen LogP contribution is -2.25. The molecule has 0 aromatic carbocycles. The highest BCUT2D eigenvalue weighted by molar-refractivity contribution is 6.31. The first kappa shape index (κ1) is 14.7. The van der Waals surface area contributed by atoms with Crippen LogP contribution in [-0.4, -0.2) is 24.7 Å². The molecule has 1 aromatic rings. The van der Waals surface area contributed by atoms with E-state index < -0.39 is 0 Å². The fourth-order valence-corrected chi connectivity index (χ4v) is 1.81. The average molecular weight is 268 g/mol. The van der Waals surface area contributed by atoms with Crippen LogP contribution in [0.1, 0.15) is 31.9 Å². The number of rotatable bonds is 7. The molecule has 0 saturated carbocycles. The van der Waals surface area contributed by atoms with Crippen molar-refractivity contribution in [2.45, 2.75) is 32.2 Å². The number of methoxy groups -OCH3 is 1. The standard InChI is InChI=1S/C13H18ClN3O/c1-3-4-5-10(9-18-2)16-13-7-6-11(14)12(8-15)17-13/h6-7,10H,3-5,9H2,1-2H3,(H,16,17). The van der Waals surface area contributed by atoms with Gasteiger partial charge in [0.1, 0.15) is 11.9 Å². The maximum atomic E-state index is 8.87. The van der Waals surface area contributed by atoms with Crippen LogP contribution in [0.3, 0.4) is 0 Å². The quantitative estimate of drug-likeness (QED) is 0.824. The van der Waals surface area contributed by atoms with E-state index in [9.17, 15) is 0 Å². The largest absolute Gasteiger partial charge is 0.383 e. The fourth-order valence-electron chi connectivity index (χ4n) is 1.66. The number of nitriles is 1. The molecule has 0 fully saturated rings. The van der Waals surface area contributed by atoms with E-state index in [2.05, 4.69) is 17.2 Å². The molecule has 0 radical (unpaired) electrons. The predicted molar refractivity (Wildman–Crippen MR) is 72.8 cm³/mol. The monoisotopic (exact) mass is 267 g/mol. The van der Waals surface area contributed by atoms with Gasteiger partial charge in [-0.2, -0.15) is 5.26 Å². The Morgan fingerprint density at radius 3 is 2.94 bits per heavy atom. The second kappa shape index (κ2) is 7.91. The van der Waals surface area contributed by atoms with Crippen LogP contribution >= 0.6 is 11.6 Å². The third-order valence-electron chi connectivity index (χ3n) is 2.58. The minimum Gasteiger partial charge on any atom is -0.383 e. The highest BCUT2D eigenvalue weighted by Gasteiger charge is 2.10. The molecule has 0 spiro atoms. The predicted octanol–water partition coefficient (Wildman–Crippen LogP) is 3.22. The average Bonchev–Trinajstić information content (AvgIpc) is 2.38. The molecule has 0 amide bonds. The van der Waals surface area contributed by atoms with Gasteiger partial charge in [-0.1, -0.05) is 31.4 Å². The number of anilines is 1. The number of nitrogens with zero attached hydrogens (tertiary/aromatic N) is 2. The lowest BCUT2D eigenvalue weighted by Gasteiger charge is -2.18. The normalized spacial score (nSPS) is 11.9. The Labute approximate surface area is 113 Å². The molecular formula is C13H18ClN3O. The van der Waals surface area contributed by atoms with Crippen molar-refractivity contribution in [3.05, 3.63) is 22.8 Å². The van der Waals surface area contributed by atoms with Crippen molar-refractivity contribution in [2.24, 2.45) is 0 Å². The molecule has 4 nitrogen and oxygen atoms in total. The number of halogens is 1. The van der Waals surface area contributed by atoms with Gasteiger partial charge < -0.3 is 10.1 Å². The van der Waals surface area contributed by atoms with Crippen molar-refractivity contribution in [3.63, 3.8) is 0 Å². The molecule has 0 aliphatic rings. The van der Waals surface area contributed by atoms with E-state index in [0.29, 0.717) is 17.4 Å². The molecule has 5 heteroatoms. The molecule has 1 unspecified atom stereocenters. The maximum absolute atomic E-state index is 8.87. The highest BCUT2D eigenvalue weighted by atomic mass is 35.5. The summed E-state index contributed by atoms with van der Waals surface area (Å²) in [7, 11) is 1.68. The number of hydrogen-bond donors (Lipinski definition) is 1. The topological polar surface area (TPSA) is 57.9 Å². The van der Waals surface area contributed by atoms with Gasteiger partial charge in [0.2, 0.25) is 0 Å². The Bertz CT molecular complexity index is 417. The third-order valence-corrected chi connectivity index (χ3v) is 2.88. The van der Waals surface area contributed by atoms with E-state index in [1.54, 1.807) is 19.2 Å². The number of hydrogen-bond acceptors (Lipinski definition) is 4. The van der Waals surface area contributed by atoms with Crippen LogP contribution in [0, 0.1) is 11.3 Å². The molecule has 0 bridgehead atoms. The third kappa shape index (κ3) is 4.52. The Hall–Kier alpha value is -1.31. The summed E-state index contributed by atoms with van der Waals surface area (Å²) in [6.07, 6.45) is 3.27. The summed E-state index contributed by atoms with van der Waals surface area (Å²) in [6, 6.07) is 5.63. The molecule has 0 aliphatic heterocycles. The minimum atomic E-state index is 0.204. The van der Waals surface area contributed by atoms with Gasteiger partial charge in [0.05, 0.1) is 17.7 Å². The van der Waals surface area contributed by atoms with E-state index in [0.717, 1.165) is 19.3 Å². The number of ether oxygens (including phenoxy) is 1. The molecule has 0 aliphatic carbocycles. The van der Waals surface area contributed by atoms with Crippen LogP contribution < -0.4 is 5.32 Å². The number of unbranched alkanes of at least 4 members (excludes halogenated alkanes) is 1. The van der Waals surface area contributed by atoms with Crippen LogP contribution in [0.2, 0.25) is 5.02 Å². The second-order valence-corrected chi connectivity index (χ2v) is 4.48. The summed E-state index contributed by atoms with van der Waals surface area (Å²) >= 11 is 5.84. The van der Waals surface area contributed by atoms with Crippen LogP contribution in [0.5, 0.6) is 0 Å². The molecule has 1 N–H and O–H groups in total. The second-order valence-electron chi connectivity index (χ2n) is 4.08. The van der Waals surface area contributed by atoms with Gasteiger partial charge >= 0.3 is 0 Å². The summed E-state index contributed by atoms with van der Waals surface area (Å²) < 4.78 is 5.17. The fraction of sp³-hybridized carbons (Fsp3) is 0.538. The van der Waals surface area contributed by atoms with Crippen molar-refractivity contribution in [2.75, 3.05) is 19.0 Å². The van der Waals surface area contributed by atoms with Crippen molar-refractivity contribution in [3.8, 4) is 6.07 Å². The molecule has 18 heavy (non-hydrogen) atoms. The molecule has 1 atom stereocenters. The van der Waals surface area contributed by atoms with Gasteiger partial charge in [-0.3, -0.25) is 0 Å². The zero-order valence-corrected chi connectivity index (χ0v) is 11.5. The minimum absolute atomic E-state index is 0.204. The number of nitrogens with one attached hydrogen (secondary N) is 1. The smallest absolute Gasteiger partial charge is 0.161 e. The Kier molecular flexibility index (Phi) is 6.48. The van der Waals surface area contributed by atoms with Crippen LogP contribution in [0.15, 0.2) is 12.1 Å². The molecule has 1 aromatic heterocycles. The van der Waals surface area contributed by atoms with Gasteiger partial charge in [0.25, 0.3) is 0 Å². The summed E-state index contributed by atoms with van der Waals surface area (Å²) in [5.74, 6) is 0.661. The Balaban J connectivity index is 2.71. The van der Waals surface area contributed by atoms with E-state index in [4.69, 9.17) is 21.6 Å². The number of pyridine rings is 1. The van der Waals surface area contributed by atoms with E-state index in [-0.39, 0.29) is 11.7 Å². The van der Waals surface area contributed by atoms with Gasteiger partial charge in [0.15, 0.2) is 5.69 Å². The number of aromatic nitrogens is 1. The molecule has 1 heterocycles. The molecule has 98 valence electrons. The first-order valence-corrected chi connectivity index (χ1v) is 6.41. The maximum Gasteiger partial charge on any atom is 0.161 e. The van der Waals surface area contributed by atoms with Crippen LogP contribution in [-0.2, 0) is 4.74 Å². The summed E-state index contributed by atoms with van der Waals surface area (Å²) in [5.41, 5.74) is 0.244. The van der Waals surface area contributed by atoms with Gasteiger partial charge in [-0.25, -0.2) is 4.98 Å². The summed E-state index contributed by atoms with van der Waals surface area (Å²) in [5, 5.41) is 12.5. The van der Waals surface area contributed by atoms with Crippen molar-refractivity contribution >= 4 is 17.4 Å². The van der Waals surface area contributed by atoms with Gasteiger partial charge in [-0.15, -0.1) is 0 Å². The molecule has 1 rings (SSSR count). The van der Waals surface area contributed by atoms with E-state index in [1.165, 1.54) is 0 Å². The zero-order valence-electron chi connectivity index (χ0n) is 10.7. The first-order valence-electron chi connectivity index (χ1n) is 6.03. The zero-order chi connectivity index (χ0) is 13.4. The van der Waals surface area contributed by atoms with Gasteiger partial charge in [-0.05, 0) is 18.6 Å². The lowest BCUT2D eigenvalue weighted by atomic mass is 10.1. The summed E-state index contributed by atoms with van der Waals surface area (Å²) in [6.45, 7) is 2.77. The molecular weight excluding hydrogens is 250 g/mol. The SMILES string of the molecule is CCCCC(COC)Nc1ccc(Cl)c(C#N)n1. The van der Waals surface area contributed by atoms with Crippen molar-refractivity contribution < 1.29 is 4.74 Å².